The molecule has 0 amide bonds. The quantitative estimate of drug-likeness (QED) is 0.916. The van der Waals surface area contributed by atoms with Crippen molar-refractivity contribution >= 4 is 17.6 Å². The summed E-state index contributed by atoms with van der Waals surface area (Å²) >= 11 is 5.90. The van der Waals surface area contributed by atoms with E-state index in [1.807, 2.05) is 38.1 Å². The molecular formula is C16H18ClNO2. The van der Waals surface area contributed by atoms with Crippen LogP contribution in [-0.2, 0) is 12.8 Å². The van der Waals surface area contributed by atoms with Gasteiger partial charge in [0.1, 0.15) is 0 Å². The van der Waals surface area contributed by atoms with Crippen LogP contribution in [0.2, 0.25) is 5.02 Å². The summed E-state index contributed by atoms with van der Waals surface area (Å²) in [5.74, 6) is -0.989. The van der Waals surface area contributed by atoms with Gasteiger partial charge in [-0.3, -0.25) is 0 Å². The number of halogens is 1. The second-order valence-corrected chi connectivity index (χ2v) is 4.38. The molecule has 106 valence electrons. The second-order valence-electron chi connectivity index (χ2n) is 3.95. The van der Waals surface area contributed by atoms with Crippen LogP contribution in [0.4, 0.5) is 0 Å². The van der Waals surface area contributed by atoms with Crippen LogP contribution < -0.4 is 0 Å². The van der Waals surface area contributed by atoms with Crippen LogP contribution >= 0.6 is 11.6 Å². The van der Waals surface area contributed by atoms with Gasteiger partial charge in [0.05, 0.1) is 0 Å². The standard InChI is InChI=1S/C14H12ClNO2.C2H6/c15-12-5-1-3-10(9-12)6-7-11-4-2-8-16-13(11)14(17)18;1-2/h1-5,8-9H,6-7H2,(H,17,18);1-2H3. The number of aromatic nitrogens is 1. The summed E-state index contributed by atoms with van der Waals surface area (Å²) in [6, 6.07) is 11.1. The first-order valence-corrected chi connectivity index (χ1v) is 6.96. The van der Waals surface area contributed by atoms with Gasteiger partial charge in [-0.1, -0.05) is 43.6 Å². The topological polar surface area (TPSA) is 50.2 Å². The molecule has 0 radical (unpaired) electrons. The molecule has 0 atom stereocenters. The van der Waals surface area contributed by atoms with E-state index < -0.39 is 5.97 Å². The Morgan fingerprint density at radius 2 is 1.95 bits per heavy atom. The number of benzene rings is 1. The number of aryl methyl sites for hydroxylation is 2. The van der Waals surface area contributed by atoms with E-state index in [-0.39, 0.29) is 5.69 Å². The molecule has 1 aromatic carbocycles. The van der Waals surface area contributed by atoms with Crippen LogP contribution in [0.25, 0.3) is 0 Å². The van der Waals surface area contributed by atoms with Crippen molar-refractivity contribution < 1.29 is 9.90 Å². The number of carbonyl (C=O) groups is 1. The fraction of sp³-hybridized carbons (Fsp3) is 0.250. The van der Waals surface area contributed by atoms with Crippen molar-refractivity contribution in [2.24, 2.45) is 0 Å². The van der Waals surface area contributed by atoms with Gasteiger partial charge in [-0.2, -0.15) is 0 Å². The lowest BCUT2D eigenvalue weighted by Gasteiger charge is -2.05. The normalized spacial score (nSPS) is 9.55. The zero-order valence-electron chi connectivity index (χ0n) is 11.6. The number of carboxylic acids is 1. The zero-order chi connectivity index (χ0) is 15.0. The van der Waals surface area contributed by atoms with Crippen LogP contribution in [-0.4, -0.2) is 16.1 Å². The van der Waals surface area contributed by atoms with E-state index in [4.69, 9.17) is 16.7 Å². The molecular weight excluding hydrogens is 274 g/mol. The molecule has 0 spiro atoms. The third kappa shape index (κ3) is 4.67. The third-order valence-electron chi connectivity index (χ3n) is 2.67. The maximum atomic E-state index is 11.0. The molecule has 0 fully saturated rings. The fourth-order valence-electron chi connectivity index (χ4n) is 1.80. The number of pyridine rings is 1. The molecule has 0 bridgehead atoms. The number of carboxylic acid groups (broad SMARTS) is 1. The van der Waals surface area contributed by atoms with E-state index in [2.05, 4.69) is 4.98 Å². The highest BCUT2D eigenvalue weighted by atomic mass is 35.5. The van der Waals surface area contributed by atoms with Crippen molar-refractivity contribution in [1.82, 2.24) is 4.98 Å². The van der Waals surface area contributed by atoms with E-state index in [9.17, 15) is 4.79 Å². The minimum Gasteiger partial charge on any atom is -0.477 e. The van der Waals surface area contributed by atoms with Crippen molar-refractivity contribution in [1.29, 1.82) is 0 Å². The molecule has 1 aromatic heterocycles. The summed E-state index contributed by atoms with van der Waals surface area (Å²) < 4.78 is 0. The lowest BCUT2D eigenvalue weighted by Crippen LogP contribution is -2.06. The molecule has 1 heterocycles. The summed E-state index contributed by atoms with van der Waals surface area (Å²) in [5.41, 5.74) is 1.95. The molecule has 0 saturated heterocycles. The largest absolute Gasteiger partial charge is 0.477 e. The minimum absolute atomic E-state index is 0.125. The average molecular weight is 292 g/mol. The Balaban J connectivity index is 0.000000956. The Labute approximate surface area is 124 Å². The van der Waals surface area contributed by atoms with Gasteiger partial charge in [-0.05, 0) is 42.2 Å². The Kier molecular flexibility index (Phi) is 6.74. The summed E-state index contributed by atoms with van der Waals surface area (Å²) in [5, 5.41) is 9.72. The SMILES string of the molecule is CC.O=C(O)c1ncccc1CCc1cccc(Cl)c1. The van der Waals surface area contributed by atoms with Gasteiger partial charge in [0.15, 0.2) is 5.69 Å². The third-order valence-corrected chi connectivity index (χ3v) is 2.90. The monoisotopic (exact) mass is 291 g/mol. The van der Waals surface area contributed by atoms with Crippen molar-refractivity contribution in [2.45, 2.75) is 26.7 Å². The van der Waals surface area contributed by atoms with Crippen LogP contribution in [0.1, 0.15) is 35.5 Å². The fourth-order valence-corrected chi connectivity index (χ4v) is 2.02. The van der Waals surface area contributed by atoms with Gasteiger partial charge in [0, 0.05) is 11.2 Å². The highest BCUT2D eigenvalue weighted by Crippen LogP contribution is 2.14. The Morgan fingerprint density at radius 3 is 2.60 bits per heavy atom. The molecule has 0 saturated carbocycles. The van der Waals surface area contributed by atoms with Gasteiger partial charge in [-0.15, -0.1) is 0 Å². The first kappa shape index (κ1) is 16.2. The summed E-state index contributed by atoms with van der Waals surface area (Å²) in [6.45, 7) is 4.00. The second kappa shape index (κ2) is 8.33. The van der Waals surface area contributed by atoms with E-state index in [1.54, 1.807) is 12.1 Å². The first-order valence-electron chi connectivity index (χ1n) is 6.58. The van der Waals surface area contributed by atoms with Crippen LogP contribution in [0.15, 0.2) is 42.6 Å². The summed E-state index contributed by atoms with van der Waals surface area (Å²) in [4.78, 5) is 14.9. The van der Waals surface area contributed by atoms with E-state index in [0.717, 1.165) is 17.5 Å². The van der Waals surface area contributed by atoms with Crippen molar-refractivity contribution in [3.8, 4) is 0 Å². The number of aromatic carboxylic acids is 1. The minimum atomic E-state index is -0.989. The summed E-state index contributed by atoms with van der Waals surface area (Å²) in [7, 11) is 0. The van der Waals surface area contributed by atoms with E-state index in [0.29, 0.717) is 11.4 Å². The number of rotatable bonds is 4. The maximum Gasteiger partial charge on any atom is 0.354 e. The van der Waals surface area contributed by atoms with E-state index >= 15 is 0 Å². The molecule has 1 N–H and O–H groups in total. The number of nitrogens with zero attached hydrogens (tertiary/aromatic N) is 1. The van der Waals surface area contributed by atoms with Crippen LogP contribution in [0, 0.1) is 0 Å². The molecule has 20 heavy (non-hydrogen) atoms. The predicted octanol–water partition coefficient (Wildman–Crippen LogP) is 4.24. The van der Waals surface area contributed by atoms with Gasteiger partial charge in [0.2, 0.25) is 0 Å². The Hall–Kier alpha value is -1.87. The van der Waals surface area contributed by atoms with Gasteiger partial charge >= 0.3 is 5.97 Å². The number of hydrogen-bond acceptors (Lipinski definition) is 2. The van der Waals surface area contributed by atoms with Crippen molar-refractivity contribution in [2.75, 3.05) is 0 Å². The highest BCUT2D eigenvalue weighted by molar-refractivity contribution is 6.30. The smallest absolute Gasteiger partial charge is 0.354 e. The van der Waals surface area contributed by atoms with Gasteiger partial charge < -0.3 is 5.11 Å². The molecule has 2 rings (SSSR count). The maximum absolute atomic E-state index is 11.0. The number of hydrogen-bond donors (Lipinski definition) is 1. The molecule has 0 aliphatic carbocycles. The molecule has 0 aliphatic rings. The Bertz CT molecular complexity index is 570. The zero-order valence-corrected chi connectivity index (χ0v) is 12.4. The van der Waals surface area contributed by atoms with Gasteiger partial charge in [0.25, 0.3) is 0 Å². The molecule has 2 aromatic rings. The van der Waals surface area contributed by atoms with Crippen LogP contribution in [0.3, 0.4) is 0 Å². The molecule has 3 nitrogen and oxygen atoms in total. The molecule has 0 unspecified atom stereocenters. The van der Waals surface area contributed by atoms with E-state index in [1.165, 1.54) is 6.20 Å². The van der Waals surface area contributed by atoms with Crippen molar-refractivity contribution in [3.05, 3.63) is 64.4 Å². The van der Waals surface area contributed by atoms with Crippen molar-refractivity contribution in [3.63, 3.8) is 0 Å². The average Bonchev–Trinajstić information content (AvgIpc) is 2.47. The molecule has 4 heteroatoms. The lowest BCUT2D eigenvalue weighted by molar-refractivity contribution is 0.0689. The van der Waals surface area contributed by atoms with Gasteiger partial charge in [-0.25, -0.2) is 9.78 Å². The predicted molar refractivity (Wildman–Crippen MR) is 81.4 cm³/mol. The first-order chi connectivity index (χ1) is 9.66. The highest BCUT2D eigenvalue weighted by Gasteiger charge is 2.10. The van der Waals surface area contributed by atoms with Crippen LogP contribution in [0.5, 0.6) is 0 Å². The lowest BCUT2D eigenvalue weighted by atomic mass is 10.0. The Morgan fingerprint density at radius 1 is 1.20 bits per heavy atom. The summed E-state index contributed by atoms with van der Waals surface area (Å²) in [6.07, 6.45) is 2.87. The molecule has 0 aliphatic heterocycles.